The molecule has 130 valence electrons. The summed E-state index contributed by atoms with van der Waals surface area (Å²) in [6, 6.07) is 0. The molecule has 3 aliphatic carbocycles. The van der Waals surface area contributed by atoms with E-state index in [4.69, 9.17) is 4.74 Å². The molecule has 2 saturated carbocycles. The van der Waals surface area contributed by atoms with Gasteiger partial charge in [0.2, 0.25) is 0 Å². The average Bonchev–Trinajstić information content (AvgIpc) is 2.88. The molecule has 0 aliphatic heterocycles. The predicted octanol–water partition coefficient (Wildman–Crippen LogP) is 4.39. The molecule has 0 amide bonds. The Morgan fingerprint density at radius 2 is 2.08 bits per heavy atom. The summed E-state index contributed by atoms with van der Waals surface area (Å²) in [5, 5.41) is 0. The quantitative estimate of drug-likeness (QED) is 0.670. The molecule has 3 rings (SSSR count). The van der Waals surface area contributed by atoms with E-state index in [2.05, 4.69) is 13.5 Å². The summed E-state index contributed by atoms with van der Waals surface area (Å²) in [7, 11) is 1.42. The van der Waals surface area contributed by atoms with E-state index in [-0.39, 0.29) is 11.4 Å². The van der Waals surface area contributed by atoms with Crippen LogP contribution >= 0.6 is 0 Å². The van der Waals surface area contributed by atoms with Gasteiger partial charge in [0, 0.05) is 11.8 Å². The van der Waals surface area contributed by atoms with Gasteiger partial charge in [0.05, 0.1) is 12.7 Å². The average molecular weight is 328 g/mol. The third kappa shape index (κ3) is 2.89. The van der Waals surface area contributed by atoms with Crippen molar-refractivity contribution in [1.29, 1.82) is 0 Å². The molecule has 3 nitrogen and oxygen atoms in total. The molecule has 4 atom stereocenters. The fourth-order valence-corrected chi connectivity index (χ4v) is 5.19. The number of Topliss-reactive ketones (excluding diaryl/α,β-unsaturated/α-hetero) is 1. The molecule has 0 saturated heterocycles. The van der Waals surface area contributed by atoms with E-state index in [1.807, 2.05) is 18.2 Å². The van der Waals surface area contributed by atoms with Crippen molar-refractivity contribution >= 4 is 11.8 Å². The molecule has 0 N–H and O–H groups in total. The zero-order valence-corrected chi connectivity index (χ0v) is 14.8. The molecule has 3 unspecified atom stereocenters. The Labute approximate surface area is 144 Å². The number of allylic oxidation sites excluding steroid dienone is 3. The first-order chi connectivity index (χ1) is 11.5. The molecule has 0 aromatic carbocycles. The topological polar surface area (TPSA) is 43.4 Å². The Balaban J connectivity index is 1.85. The van der Waals surface area contributed by atoms with Gasteiger partial charge in [0.25, 0.3) is 0 Å². The molecular weight excluding hydrogens is 300 g/mol. The van der Waals surface area contributed by atoms with Crippen molar-refractivity contribution < 1.29 is 14.3 Å². The summed E-state index contributed by atoms with van der Waals surface area (Å²) < 4.78 is 4.86. The van der Waals surface area contributed by atoms with E-state index >= 15 is 0 Å². The molecule has 0 aromatic rings. The highest BCUT2D eigenvalue weighted by atomic mass is 16.5. The molecule has 24 heavy (non-hydrogen) atoms. The van der Waals surface area contributed by atoms with Crippen molar-refractivity contribution in [2.45, 2.75) is 51.9 Å². The van der Waals surface area contributed by atoms with Gasteiger partial charge in [-0.25, -0.2) is 4.79 Å². The fraction of sp³-hybridized carbons (Fsp3) is 0.619. The second kappa shape index (κ2) is 6.70. The standard InChI is InChI=1S/C21H28O3/c1-14-8-9-15(20(23)24-3)6-4-5-7-17-16(14)12-13-21(2)18(17)10-11-19(21)22/h6,8-9,16-18H,1,4-5,7,10-13H2,2-3H3/b9-8-,15-6+/t16?,17?,18?,21-/m0/s1. The minimum Gasteiger partial charge on any atom is -0.465 e. The maximum Gasteiger partial charge on any atom is 0.337 e. The van der Waals surface area contributed by atoms with Gasteiger partial charge >= 0.3 is 5.97 Å². The van der Waals surface area contributed by atoms with Crippen LogP contribution in [0.2, 0.25) is 0 Å². The number of carbonyl (C=O) groups is 2. The second-order valence-electron chi connectivity index (χ2n) is 7.79. The molecule has 3 aliphatic rings. The van der Waals surface area contributed by atoms with Crippen molar-refractivity contribution in [3.8, 4) is 0 Å². The van der Waals surface area contributed by atoms with Crippen LogP contribution in [0.3, 0.4) is 0 Å². The Bertz CT molecular complexity index is 613. The lowest BCUT2D eigenvalue weighted by molar-refractivity contribution is -0.135. The number of ketones is 1. The van der Waals surface area contributed by atoms with Crippen molar-refractivity contribution in [3.05, 3.63) is 36.0 Å². The fourth-order valence-electron chi connectivity index (χ4n) is 5.19. The van der Waals surface area contributed by atoms with E-state index in [1.165, 1.54) is 7.11 Å². The van der Waals surface area contributed by atoms with Crippen LogP contribution in [0, 0.1) is 23.2 Å². The first-order valence-electron chi connectivity index (χ1n) is 9.16. The van der Waals surface area contributed by atoms with Gasteiger partial charge in [0.15, 0.2) is 0 Å². The first kappa shape index (κ1) is 17.2. The lowest BCUT2D eigenvalue weighted by Crippen LogP contribution is -2.42. The lowest BCUT2D eigenvalue weighted by atomic mass is 9.57. The third-order valence-corrected chi connectivity index (χ3v) is 6.63. The van der Waals surface area contributed by atoms with Crippen LogP contribution < -0.4 is 0 Å². The third-order valence-electron chi connectivity index (χ3n) is 6.63. The van der Waals surface area contributed by atoms with Crippen LogP contribution in [0.5, 0.6) is 0 Å². The van der Waals surface area contributed by atoms with E-state index in [9.17, 15) is 9.59 Å². The van der Waals surface area contributed by atoms with E-state index < -0.39 is 0 Å². The minimum absolute atomic E-state index is 0.109. The predicted molar refractivity (Wildman–Crippen MR) is 94.3 cm³/mol. The van der Waals surface area contributed by atoms with Gasteiger partial charge in [-0.05, 0) is 62.4 Å². The number of methoxy groups -OCH3 is 1. The number of hydrogen-bond acceptors (Lipinski definition) is 3. The monoisotopic (exact) mass is 328 g/mol. The minimum atomic E-state index is -0.284. The molecule has 0 aromatic heterocycles. The smallest absolute Gasteiger partial charge is 0.337 e. The van der Waals surface area contributed by atoms with Gasteiger partial charge in [-0.2, -0.15) is 0 Å². The Kier molecular flexibility index (Phi) is 4.80. The number of fused-ring (bicyclic) bond motifs is 3. The lowest BCUT2D eigenvalue weighted by Gasteiger charge is -2.46. The number of ether oxygens (including phenoxy) is 1. The summed E-state index contributed by atoms with van der Waals surface area (Å²) in [5.41, 5.74) is 1.61. The van der Waals surface area contributed by atoms with Crippen LogP contribution in [0.4, 0.5) is 0 Å². The second-order valence-corrected chi connectivity index (χ2v) is 7.79. The van der Waals surface area contributed by atoms with Crippen LogP contribution in [0.25, 0.3) is 0 Å². The zero-order chi connectivity index (χ0) is 17.3. The summed E-state index contributed by atoms with van der Waals surface area (Å²) in [6.45, 7) is 6.49. The van der Waals surface area contributed by atoms with Crippen LogP contribution in [0.1, 0.15) is 51.9 Å². The number of esters is 1. The van der Waals surface area contributed by atoms with Crippen LogP contribution in [-0.2, 0) is 14.3 Å². The van der Waals surface area contributed by atoms with Gasteiger partial charge in [-0.3, -0.25) is 4.79 Å². The van der Waals surface area contributed by atoms with Crippen molar-refractivity contribution in [1.82, 2.24) is 0 Å². The summed E-state index contributed by atoms with van der Waals surface area (Å²) in [5.74, 6) is 1.66. The van der Waals surface area contributed by atoms with E-state index in [1.54, 1.807) is 0 Å². The Hall–Kier alpha value is -1.64. The maximum atomic E-state index is 12.4. The molecular formula is C21H28O3. The largest absolute Gasteiger partial charge is 0.465 e. The van der Waals surface area contributed by atoms with Crippen LogP contribution in [-0.4, -0.2) is 18.9 Å². The summed E-state index contributed by atoms with van der Waals surface area (Å²) >= 11 is 0. The van der Waals surface area contributed by atoms with Gasteiger partial charge in [-0.1, -0.05) is 31.2 Å². The van der Waals surface area contributed by atoms with Gasteiger partial charge in [0.1, 0.15) is 5.78 Å². The molecule has 2 fully saturated rings. The van der Waals surface area contributed by atoms with Crippen molar-refractivity contribution in [3.63, 3.8) is 0 Å². The highest BCUT2D eigenvalue weighted by Gasteiger charge is 2.53. The Morgan fingerprint density at radius 1 is 1.29 bits per heavy atom. The number of hydrogen-bond donors (Lipinski definition) is 0. The number of carbonyl (C=O) groups excluding carboxylic acids is 2. The normalized spacial score (nSPS) is 40.1. The summed E-state index contributed by atoms with van der Waals surface area (Å²) in [4.78, 5) is 24.3. The van der Waals surface area contributed by atoms with Crippen molar-refractivity contribution in [2.24, 2.45) is 23.2 Å². The van der Waals surface area contributed by atoms with Crippen molar-refractivity contribution in [2.75, 3.05) is 7.11 Å². The molecule has 0 spiro atoms. The van der Waals surface area contributed by atoms with Crippen LogP contribution in [0.15, 0.2) is 36.0 Å². The molecule has 0 radical (unpaired) electrons. The first-order valence-corrected chi connectivity index (χ1v) is 9.16. The highest BCUT2D eigenvalue weighted by Crippen LogP contribution is 2.56. The van der Waals surface area contributed by atoms with E-state index in [0.717, 1.165) is 50.5 Å². The maximum absolute atomic E-state index is 12.4. The molecule has 0 heterocycles. The Morgan fingerprint density at radius 3 is 2.83 bits per heavy atom. The highest BCUT2D eigenvalue weighted by molar-refractivity contribution is 5.91. The molecule has 0 bridgehead atoms. The zero-order valence-electron chi connectivity index (χ0n) is 14.8. The van der Waals surface area contributed by atoms with Gasteiger partial charge < -0.3 is 4.74 Å². The van der Waals surface area contributed by atoms with E-state index in [0.29, 0.717) is 29.1 Å². The SMILES string of the molecule is C=C1/C=C\C(C(=O)OC)=C/CCCC2C1CC[C@]1(C)C(=O)CCC21. The number of rotatable bonds is 1. The summed E-state index contributed by atoms with van der Waals surface area (Å²) in [6.07, 6.45) is 12.6. The van der Waals surface area contributed by atoms with Gasteiger partial charge in [-0.15, -0.1) is 0 Å². The molecule has 3 heteroatoms.